The van der Waals surface area contributed by atoms with Gasteiger partial charge in [0.2, 0.25) is 10.0 Å². The van der Waals surface area contributed by atoms with Gasteiger partial charge >= 0.3 is 0 Å². The van der Waals surface area contributed by atoms with E-state index in [2.05, 4.69) is 10.0 Å². The molecule has 1 saturated heterocycles. The Morgan fingerprint density at radius 3 is 2.55 bits per heavy atom. The van der Waals surface area contributed by atoms with E-state index >= 15 is 0 Å². The molecule has 4 nitrogen and oxygen atoms in total. The minimum atomic E-state index is -3.11. The highest BCUT2D eigenvalue weighted by Gasteiger charge is 2.34. The number of nitrogens with one attached hydrogen (secondary N) is 2. The Balaban J connectivity index is 2.91. The minimum Gasteiger partial charge on any atom is -0.314 e. The van der Waals surface area contributed by atoms with Crippen molar-refractivity contribution in [3.63, 3.8) is 0 Å². The van der Waals surface area contributed by atoms with E-state index in [4.69, 9.17) is 0 Å². The fourth-order valence-corrected chi connectivity index (χ4v) is 2.01. The normalized spacial score (nSPS) is 29.3. The molecule has 0 bridgehead atoms. The Labute approximate surface area is 67.4 Å². The maximum atomic E-state index is 11.4. The van der Waals surface area contributed by atoms with Crippen molar-refractivity contribution in [2.24, 2.45) is 0 Å². The Morgan fingerprint density at radius 2 is 1.91 bits per heavy atom. The molecule has 1 rings (SSSR count). The Bertz CT molecular complexity index is 233. The van der Waals surface area contributed by atoms with Crippen LogP contribution < -0.4 is 10.0 Å². The summed E-state index contributed by atoms with van der Waals surface area (Å²) in [5.74, 6) is 0. The lowest BCUT2D eigenvalue weighted by atomic mass is 10.2. The fourth-order valence-electron chi connectivity index (χ4n) is 0.954. The van der Waals surface area contributed by atoms with E-state index in [0.717, 1.165) is 0 Å². The van der Waals surface area contributed by atoms with Gasteiger partial charge in [0.05, 0.1) is 4.75 Å². The topological polar surface area (TPSA) is 58.2 Å². The summed E-state index contributed by atoms with van der Waals surface area (Å²) in [6.07, 6.45) is 0. The van der Waals surface area contributed by atoms with E-state index in [1.165, 1.54) is 0 Å². The van der Waals surface area contributed by atoms with Crippen LogP contribution in [-0.4, -0.2) is 32.8 Å². The van der Waals surface area contributed by atoms with Crippen LogP contribution in [0.3, 0.4) is 0 Å². The Kier molecular flexibility index (Phi) is 2.22. The Hall–Kier alpha value is -0.130. The lowest BCUT2D eigenvalue weighted by Crippen LogP contribution is -2.44. The van der Waals surface area contributed by atoms with Crippen molar-refractivity contribution in [1.82, 2.24) is 10.0 Å². The largest absolute Gasteiger partial charge is 0.314 e. The van der Waals surface area contributed by atoms with E-state index in [1.807, 2.05) is 0 Å². The van der Waals surface area contributed by atoms with Gasteiger partial charge in [-0.05, 0) is 13.8 Å². The molecule has 5 heteroatoms. The fraction of sp³-hybridized carbons (Fsp3) is 1.00. The summed E-state index contributed by atoms with van der Waals surface area (Å²) < 4.78 is 24.6. The molecule has 0 unspecified atom stereocenters. The van der Waals surface area contributed by atoms with Crippen LogP contribution in [0.25, 0.3) is 0 Å². The van der Waals surface area contributed by atoms with Gasteiger partial charge in [-0.2, -0.15) is 0 Å². The van der Waals surface area contributed by atoms with Crippen LogP contribution >= 0.6 is 0 Å². The first-order valence-electron chi connectivity index (χ1n) is 3.66. The SMILES string of the molecule is CC1(C)CNCCNS1(=O)=O. The molecule has 2 N–H and O–H groups in total. The molecule has 0 spiro atoms. The predicted molar refractivity (Wildman–Crippen MR) is 43.9 cm³/mol. The van der Waals surface area contributed by atoms with Gasteiger partial charge < -0.3 is 5.32 Å². The molecule has 0 amide bonds. The second-order valence-electron chi connectivity index (χ2n) is 3.33. The minimum absolute atomic E-state index is 0.492. The first kappa shape index (κ1) is 8.96. The summed E-state index contributed by atoms with van der Waals surface area (Å²) in [5, 5.41) is 3.05. The molecule has 1 fully saturated rings. The van der Waals surface area contributed by atoms with Crippen LogP contribution in [0.2, 0.25) is 0 Å². The van der Waals surface area contributed by atoms with Crippen molar-refractivity contribution in [2.45, 2.75) is 18.6 Å². The van der Waals surface area contributed by atoms with Gasteiger partial charge in [-0.15, -0.1) is 0 Å². The van der Waals surface area contributed by atoms with E-state index in [1.54, 1.807) is 13.8 Å². The third-order valence-electron chi connectivity index (χ3n) is 1.87. The van der Waals surface area contributed by atoms with Crippen LogP contribution in [0.4, 0.5) is 0 Å². The van der Waals surface area contributed by atoms with Crippen molar-refractivity contribution in [2.75, 3.05) is 19.6 Å². The molecule has 0 aromatic heterocycles. The molecule has 0 atom stereocenters. The zero-order valence-electron chi connectivity index (χ0n) is 6.85. The Morgan fingerprint density at radius 1 is 1.27 bits per heavy atom. The molecular formula is C6H14N2O2S. The number of sulfonamides is 1. The standard InChI is InChI=1S/C6H14N2O2S/c1-6(2)5-7-3-4-8-11(6,9)10/h7-8H,3-5H2,1-2H3. The predicted octanol–water partition coefficient (Wildman–Crippen LogP) is -0.712. The number of hydrogen-bond donors (Lipinski definition) is 2. The van der Waals surface area contributed by atoms with E-state index < -0.39 is 14.8 Å². The summed E-state index contributed by atoms with van der Waals surface area (Å²) in [4.78, 5) is 0. The summed E-state index contributed by atoms with van der Waals surface area (Å²) in [5.41, 5.74) is 0. The van der Waals surface area contributed by atoms with Crippen LogP contribution in [0.15, 0.2) is 0 Å². The third kappa shape index (κ3) is 1.72. The lowest BCUT2D eigenvalue weighted by Gasteiger charge is -2.21. The second kappa shape index (κ2) is 2.73. The average Bonchev–Trinajstić information content (AvgIpc) is 1.94. The molecule has 1 heterocycles. The van der Waals surface area contributed by atoms with Crippen LogP contribution in [0.5, 0.6) is 0 Å². The number of rotatable bonds is 0. The maximum Gasteiger partial charge on any atom is 0.218 e. The molecule has 11 heavy (non-hydrogen) atoms. The van der Waals surface area contributed by atoms with Crippen molar-refractivity contribution >= 4 is 10.0 Å². The van der Waals surface area contributed by atoms with Crippen LogP contribution in [-0.2, 0) is 10.0 Å². The zero-order chi connectivity index (χ0) is 8.54. The summed E-state index contributed by atoms with van der Waals surface area (Å²) >= 11 is 0. The molecule has 0 aromatic carbocycles. The first-order valence-corrected chi connectivity index (χ1v) is 5.14. The smallest absolute Gasteiger partial charge is 0.218 e. The van der Waals surface area contributed by atoms with Crippen molar-refractivity contribution in [1.29, 1.82) is 0 Å². The van der Waals surface area contributed by atoms with Crippen molar-refractivity contribution < 1.29 is 8.42 Å². The zero-order valence-corrected chi connectivity index (χ0v) is 7.66. The quantitative estimate of drug-likeness (QED) is 0.515. The van der Waals surface area contributed by atoms with Gasteiger partial charge in [0.15, 0.2) is 0 Å². The van der Waals surface area contributed by atoms with Crippen LogP contribution in [0.1, 0.15) is 13.8 Å². The highest BCUT2D eigenvalue weighted by Crippen LogP contribution is 2.14. The van der Waals surface area contributed by atoms with Gasteiger partial charge in [-0.1, -0.05) is 0 Å². The highest BCUT2D eigenvalue weighted by molar-refractivity contribution is 7.90. The summed E-state index contributed by atoms with van der Waals surface area (Å²) in [6.45, 7) is 5.15. The molecule has 0 aliphatic carbocycles. The first-order chi connectivity index (χ1) is 4.96. The van der Waals surface area contributed by atoms with Gasteiger partial charge in [0, 0.05) is 19.6 Å². The van der Waals surface area contributed by atoms with Gasteiger partial charge in [0.1, 0.15) is 0 Å². The van der Waals surface area contributed by atoms with Crippen molar-refractivity contribution in [3.05, 3.63) is 0 Å². The molecule has 1 aliphatic heterocycles. The van der Waals surface area contributed by atoms with E-state index in [9.17, 15) is 8.42 Å². The lowest BCUT2D eigenvalue weighted by molar-refractivity contribution is 0.532. The molecule has 1 aliphatic rings. The monoisotopic (exact) mass is 178 g/mol. The third-order valence-corrected chi connectivity index (χ3v) is 4.06. The highest BCUT2D eigenvalue weighted by atomic mass is 32.2. The molecule has 0 radical (unpaired) electrons. The number of hydrogen-bond acceptors (Lipinski definition) is 3. The van der Waals surface area contributed by atoms with E-state index in [-0.39, 0.29) is 0 Å². The van der Waals surface area contributed by atoms with Gasteiger partial charge in [-0.25, -0.2) is 13.1 Å². The summed E-state index contributed by atoms with van der Waals surface area (Å²) in [6, 6.07) is 0. The molecule has 0 aromatic rings. The van der Waals surface area contributed by atoms with E-state index in [0.29, 0.717) is 19.6 Å². The summed E-state index contributed by atoms with van der Waals surface area (Å²) in [7, 11) is -3.11. The van der Waals surface area contributed by atoms with Crippen LogP contribution in [0, 0.1) is 0 Å². The average molecular weight is 178 g/mol. The van der Waals surface area contributed by atoms with Crippen molar-refractivity contribution in [3.8, 4) is 0 Å². The van der Waals surface area contributed by atoms with Gasteiger partial charge in [0.25, 0.3) is 0 Å². The maximum absolute atomic E-state index is 11.4. The molecular weight excluding hydrogens is 164 g/mol. The second-order valence-corrected chi connectivity index (χ2v) is 5.73. The molecule has 66 valence electrons. The van der Waals surface area contributed by atoms with Gasteiger partial charge in [-0.3, -0.25) is 0 Å². The molecule has 0 saturated carbocycles.